The van der Waals surface area contributed by atoms with E-state index in [-0.39, 0.29) is 19.2 Å². The highest BCUT2D eigenvalue weighted by Crippen LogP contribution is 2.30. The fraction of sp³-hybridized carbons (Fsp3) is 0.500. The topological polar surface area (TPSA) is 138 Å². The zero-order valence-electron chi connectivity index (χ0n) is 14.8. The number of nitrogens with one attached hydrogen (secondary N) is 2. The molecule has 1 aromatic carbocycles. The summed E-state index contributed by atoms with van der Waals surface area (Å²) in [5, 5.41) is 3.90. The number of rotatable bonds is 6. The molecule has 12 heteroatoms. The summed E-state index contributed by atoms with van der Waals surface area (Å²) in [7, 11) is -4.82. The Labute approximate surface area is 161 Å². The Morgan fingerprint density at radius 3 is 2.86 bits per heavy atom. The highest BCUT2D eigenvalue weighted by molar-refractivity contribution is 7.80. The number of nitrogens with zero attached hydrogens (tertiary/aromatic N) is 2. The maximum atomic E-state index is 12.4. The van der Waals surface area contributed by atoms with E-state index >= 15 is 0 Å². The van der Waals surface area contributed by atoms with Crippen LogP contribution in [-0.2, 0) is 30.7 Å². The highest BCUT2D eigenvalue weighted by atomic mass is 32.3. The summed E-state index contributed by atoms with van der Waals surface area (Å²) in [6, 6.07) is 5.81. The molecule has 3 aliphatic heterocycles. The van der Waals surface area contributed by atoms with Crippen molar-refractivity contribution >= 4 is 28.0 Å². The van der Waals surface area contributed by atoms with E-state index in [1.807, 2.05) is 24.3 Å². The van der Waals surface area contributed by atoms with Crippen molar-refractivity contribution in [2.45, 2.75) is 37.4 Å². The van der Waals surface area contributed by atoms with E-state index in [4.69, 9.17) is 9.39 Å². The summed E-state index contributed by atoms with van der Waals surface area (Å²) in [5.41, 5.74) is 4.60. The van der Waals surface area contributed by atoms with Crippen molar-refractivity contribution in [3.05, 3.63) is 29.8 Å². The number of amides is 3. The number of anilines is 1. The molecule has 0 saturated carbocycles. The van der Waals surface area contributed by atoms with Gasteiger partial charge in [-0.15, -0.1) is 4.28 Å². The quantitative estimate of drug-likeness (QED) is 0.441. The molecule has 3 atom stereocenters. The second-order valence-electron chi connectivity index (χ2n) is 6.99. The molecule has 1 aromatic rings. The number of urea groups is 1. The molecule has 2 bridgehead atoms. The maximum absolute atomic E-state index is 12.4. The monoisotopic (exact) mass is 412 g/mol. The third-order valence-corrected chi connectivity index (χ3v) is 5.45. The van der Waals surface area contributed by atoms with Gasteiger partial charge >= 0.3 is 16.4 Å². The highest BCUT2D eigenvalue weighted by Gasteiger charge is 2.49. The van der Waals surface area contributed by atoms with Crippen LogP contribution < -0.4 is 10.8 Å². The zero-order chi connectivity index (χ0) is 19.9. The van der Waals surface area contributed by atoms with Crippen molar-refractivity contribution in [3.63, 3.8) is 0 Å². The third-order valence-electron chi connectivity index (χ3n) is 5.10. The normalized spacial score (nSPS) is 26.2. The van der Waals surface area contributed by atoms with Gasteiger partial charge in [-0.3, -0.25) is 14.2 Å². The SMILES string of the molecule is O=C(NOCC1Cc2ccccc2N1)[C@@H]1CCC2CN1C(=O)N2OS(=O)(=O)O. The van der Waals surface area contributed by atoms with E-state index in [0.29, 0.717) is 17.9 Å². The fourth-order valence-corrected chi connectivity index (χ4v) is 4.25. The van der Waals surface area contributed by atoms with Gasteiger partial charge < -0.3 is 10.2 Å². The molecule has 0 spiro atoms. The van der Waals surface area contributed by atoms with Gasteiger partial charge in [0.2, 0.25) is 0 Å². The van der Waals surface area contributed by atoms with E-state index in [9.17, 15) is 18.0 Å². The van der Waals surface area contributed by atoms with Crippen molar-refractivity contribution in [1.82, 2.24) is 15.4 Å². The minimum absolute atomic E-state index is 0.0282. The summed E-state index contributed by atoms with van der Waals surface area (Å²) in [4.78, 5) is 31.3. The van der Waals surface area contributed by atoms with Crippen molar-refractivity contribution in [1.29, 1.82) is 0 Å². The first-order valence-electron chi connectivity index (χ1n) is 8.85. The third kappa shape index (κ3) is 3.76. The number of hydrogen-bond donors (Lipinski definition) is 3. The van der Waals surface area contributed by atoms with Gasteiger partial charge in [-0.1, -0.05) is 18.2 Å². The second-order valence-corrected chi connectivity index (χ2v) is 7.99. The smallest absolute Gasteiger partial charge is 0.379 e. The number of hydrogen-bond acceptors (Lipinski definition) is 7. The van der Waals surface area contributed by atoms with E-state index in [1.54, 1.807) is 0 Å². The average molecular weight is 412 g/mol. The lowest BCUT2D eigenvalue weighted by molar-refractivity contribution is -0.139. The lowest BCUT2D eigenvalue weighted by Gasteiger charge is -2.29. The molecule has 11 nitrogen and oxygen atoms in total. The number of carbonyl (C=O) groups is 2. The Kier molecular flexibility index (Phi) is 4.87. The summed E-state index contributed by atoms with van der Waals surface area (Å²) >= 11 is 0. The van der Waals surface area contributed by atoms with Crippen LogP contribution in [0.15, 0.2) is 24.3 Å². The number of benzene rings is 1. The first-order valence-corrected chi connectivity index (χ1v) is 10.2. The second kappa shape index (κ2) is 7.20. The van der Waals surface area contributed by atoms with Crippen LogP contribution in [-0.4, -0.2) is 66.1 Å². The molecule has 0 aliphatic carbocycles. The van der Waals surface area contributed by atoms with Gasteiger partial charge in [0.05, 0.1) is 18.7 Å². The molecule has 3 heterocycles. The Hall–Kier alpha value is -2.41. The largest absolute Gasteiger partial charge is 0.418 e. The first kappa shape index (κ1) is 18.9. The van der Waals surface area contributed by atoms with Gasteiger partial charge in [0, 0.05) is 12.2 Å². The Morgan fingerprint density at radius 1 is 1.32 bits per heavy atom. The maximum Gasteiger partial charge on any atom is 0.418 e. The van der Waals surface area contributed by atoms with Crippen LogP contribution in [0.5, 0.6) is 0 Å². The van der Waals surface area contributed by atoms with E-state index in [2.05, 4.69) is 15.1 Å². The molecule has 4 rings (SSSR count). The molecule has 0 aromatic heterocycles. The lowest BCUT2D eigenvalue weighted by Crippen LogP contribution is -2.50. The first-order chi connectivity index (χ1) is 13.3. The molecular formula is C16H20N4O7S. The van der Waals surface area contributed by atoms with Gasteiger partial charge in [-0.25, -0.2) is 10.3 Å². The van der Waals surface area contributed by atoms with Crippen LogP contribution in [0, 0.1) is 0 Å². The molecule has 28 heavy (non-hydrogen) atoms. The zero-order valence-corrected chi connectivity index (χ0v) is 15.6. The molecule has 2 saturated heterocycles. The molecule has 152 valence electrons. The summed E-state index contributed by atoms with van der Waals surface area (Å²) in [6.07, 6.45) is 1.46. The Balaban J connectivity index is 1.28. The van der Waals surface area contributed by atoms with Crippen LogP contribution >= 0.6 is 0 Å². The van der Waals surface area contributed by atoms with Gasteiger partial charge in [0.1, 0.15) is 6.04 Å². The number of para-hydroxylation sites is 1. The Bertz CT molecular complexity index is 868. The van der Waals surface area contributed by atoms with Gasteiger partial charge in [-0.05, 0) is 30.9 Å². The van der Waals surface area contributed by atoms with Gasteiger partial charge in [0.25, 0.3) is 5.91 Å². The van der Waals surface area contributed by atoms with Gasteiger partial charge in [-0.2, -0.15) is 13.5 Å². The number of hydroxylamine groups is 3. The molecule has 3 aliphatic rings. The molecule has 3 amide bonds. The molecule has 0 radical (unpaired) electrons. The van der Waals surface area contributed by atoms with Crippen molar-refractivity contribution in [3.8, 4) is 0 Å². The van der Waals surface area contributed by atoms with Crippen LogP contribution in [0.4, 0.5) is 10.5 Å². The lowest BCUT2D eigenvalue weighted by atomic mass is 10.0. The fourth-order valence-electron chi connectivity index (χ4n) is 3.86. The Morgan fingerprint density at radius 2 is 2.11 bits per heavy atom. The summed E-state index contributed by atoms with van der Waals surface area (Å²) in [5.74, 6) is -0.490. The van der Waals surface area contributed by atoms with Crippen LogP contribution in [0.1, 0.15) is 18.4 Å². The summed E-state index contributed by atoms with van der Waals surface area (Å²) in [6.45, 7) is 0.383. The van der Waals surface area contributed by atoms with Crippen LogP contribution in [0.2, 0.25) is 0 Å². The molecule has 2 fully saturated rings. The van der Waals surface area contributed by atoms with Crippen LogP contribution in [0.25, 0.3) is 0 Å². The van der Waals surface area contributed by atoms with Crippen molar-refractivity contribution < 1.29 is 31.7 Å². The minimum atomic E-state index is -4.82. The molecule has 2 unspecified atom stereocenters. The predicted molar refractivity (Wildman–Crippen MR) is 95.0 cm³/mol. The van der Waals surface area contributed by atoms with E-state index in [0.717, 1.165) is 12.1 Å². The van der Waals surface area contributed by atoms with Crippen molar-refractivity contribution in [2.24, 2.45) is 0 Å². The van der Waals surface area contributed by atoms with Gasteiger partial charge in [0.15, 0.2) is 0 Å². The average Bonchev–Trinajstić information content (AvgIpc) is 3.15. The number of fused-ring (bicyclic) bond motifs is 3. The predicted octanol–water partition coefficient (Wildman–Crippen LogP) is 0.0740. The van der Waals surface area contributed by atoms with E-state index < -0.39 is 34.4 Å². The van der Waals surface area contributed by atoms with Crippen molar-refractivity contribution in [2.75, 3.05) is 18.5 Å². The molecular weight excluding hydrogens is 392 g/mol. The number of piperidine rings is 1. The minimum Gasteiger partial charge on any atom is -0.379 e. The standard InChI is InChI=1S/C16H20N4O7S/c21-15(18-26-9-11-7-10-3-1-2-4-13(10)17-11)14-6-5-12-8-19(14)16(22)20(12)27-28(23,24)25/h1-4,11-12,14,17H,5-9H2,(H,18,21)(H,23,24,25)/t11?,12?,14-/m0/s1. The van der Waals surface area contributed by atoms with Crippen LogP contribution in [0.3, 0.4) is 0 Å². The summed E-state index contributed by atoms with van der Waals surface area (Å²) < 4.78 is 34.9. The molecule has 3 N–H and O–H groups in total. The van der Waals surface area contributed by atoms with E-state index in [1.165, 1.54) is 10.5 Å². The number of carbonyl (C=O) groups excluding carboxylic acids is 2.